The third-order valence-electron chi connectivity index (χ3n) is 2.71. The minimum absolute atomic E-state index is 0.128. The molecule has 0 fully saturated rings. The van der Waals surface area contributed by atoms with Crippen LogP contribution in [-0.2, 0) is 4.74 Å². The smallest absolute Gasteiger partial charge is 0.0927 e. The fourth-order valence-corrected chi connectivity index (χ4v) is 3.15. The van der Waals surface area contributed by atoms with Crippen molar-refractivity contribution in [2.24, 2.45) is 0 Å². The van der Waals surface area contributed by atoms with Crippen molar-refractivity contribution < 1.29 is 14.9 Å². The number of aliphatic hydroxyl groups excluding tert-OH is 2. The highest BCUT2D eigenvalue weighted by Gasteiger charge is 2.31. The number of halogens is 1. The van der Waals surface area contributed by atoms with Gasteiger partial charge in [0.15, 0.2) is 0 Å². The van der Waals surface area contributed by atoms with Gasteiger partial charge in [0.2, 0.25) is 0 Å². The summed E-state index contributed by atoms with van der Waals surface area (Å²) in [5.41, 5.74) is 0.128. The minimum Gasteiger partial charge on any atom is -0.394 e. The van der Waals surface area contributed by atoms with Crippen LogP contribution in [-0.4, -0.2) is 49.4 Å². The van der Waals surface area contributed by atoms with E-state index in [2.05, 4.69) is 20.0 Å². The predicted molar refractivity (Wildman–Crippen MR) is 70.9 cm³/mol. The predicted octanol–water partition coefficient (Wildman–Crippen LogP) is 1.55. The fraction of sp³-hybridized carbons (Fsp3) is 1.00. The van der Waals surface area contributed by atoms with Crippen molar-refractivity contribution in [2.75, 3.05) is 19.8 Å². The molecule has 0 radical (unpaired) electrons. The molecule has 0 rings (SSSR count). The molecule has 0 amide bonds. The lowest BCUT2D eigenvalue weighted by molar-refractivity contribution is 0.0654. The summed E-state index contributed by atoms with van der Waals surface area (Å²) in [7, 11) is -0.985. The summed E-state index contributed by atoms with van der Waals surface area (Å²) in [6, 6.07) is 0. The van der Waals surface area contributed by atoms with Gasteiger partial charge in [0, 0.05) is 12.3 Å². The third-order valence-corrected chi connectivity index (χ3v) is 5.02. The molecule has 2 N–H and O–H groups in total. The zero-order valence-corrected chi connectivity index (χ0v) is 12.5. The Morgan fingerprint density at radius 2 is 1.88 bits per heavy atom. The molecule has 98 valence electrons. The van der Waals surface area contributed by atoms with E-state index in [-0.39, 0.29) is 18.9 Å². The molecule has 0 aliphatic rings. The molecule has 0 aromatic heterocycles. The summed E-state index contributed by atoms with van der Waals surface area (Å²) < 4.78 is 5.80. The standard InChI is InChI=1S/C11H25ClO3Si/c1-4-5-6-15-10(16(2)3)7-11(12,8-13)9-14/h10,13-14,16H,4-9H2,1-3H3. The Morgan fingerprint density at radius 1 is 1.31 bits per heavy atom. The van der Waals surface area contributed by atoms with E-state index in [1.54, 1.807) is 0 Å². The van der Waals surface area contributed by atoms with Gasteiger partial charge in [-0.15, -0.1) is 11.6 Å². The molecule has 0 spiro atoms. The van der Waals surface area contributed by atoms with Crippen molar-refractivity contribution in [3.8, 4) is 0 Å². The average molecular weight is 269 g/mol. The fourth-order valence-electron chi connectivity index (χ4n) is 1.41. The van der Waals surface area contributed by atoms with Crippen LogP contribution in [0.5, 0.6) is 0 Å². The second-order valence-electron chi connectivity index (χ2n) is 4.68. The zero-order valence-electron chi connectivity index (χ0n) is 10.6. The highest BCUT2D eigenvalue weighted by atomic mass is 35.5. The van der Waals surface area contributed by atoms with Gasteiger partial charge in [0.25, 0.3) is 0 Å². The van der Waals surface area contributed by atoms with Crippen LogP contribution in [0.1, 0.15) is 26.2 Å². The summed E-state index contributed by atoms with van der Waals surface area (Å²) in [6.07, 6.45) is 2.69. The van der Waals surface area contributed by atoms with Crippen molar-refractivity contribution in [1.29, 1.82) is 0 Å². The molecule has 0 bridgehead atoms. The van der Waals surface area contributed by atoms with Crippen LogP contribution in [0.3, 0.4) is 0 Å². The molecule has 5 heteroatoms. The maximum absolute atomic E-state index is 9.16. The lowest BCUT2D eigenvalue weighted by atomic mass is 10.1. The van der Waals surface area contributed by atoms with Crippen molar-refractivity contribution in [2.45, 2.75) is 49.9 Å². The topological polar surface area (TPSA) is 49.7 Å². The Bertz CT molecular complexity index is 175. The third kappa shape index (κ3) is 6.20. The van der Waals surface area contributed by atoms with Crippen molar-refractivity contribution in [3.63, 3.8) is 0 Å². The molecule has 3 nitrogen and oxygen atoms in total. The first kappa shape index (κ1) is 16.4. The van der Waals surface area contributed by atoms with Gasteiger partial charge in [-0.2, -0.15) is 0 Å². The van der Waals surface area contributed by atoms with E-state index < -0.39 is 13.7 Å². The molecule has 0 aromatic rings. The molecule has 1 atom stereocenters. The molecular weight excluding hydrogens is 244 g/mol. The summed E-state index contributed by atoms with van der Waals surface area (Å²) in [4.78, 5) is -0.922. The summed E-state index contributed by atoms with van der Waals surface area (Å²) in [5, 5.41) is 18.3. The second-order valence-corrected chi connectivity index (χ2v) is 8.71. The van der Waals surface area contributed by atoms with E-state index in [1.807, 2.05) is 0 Å². The van der Waals surface area contributed by atoms with Crippen molar-refractivity contribution >= 4 is 20.4 Å². The molecule has 0 aliphatic heterocycles. The lowest BCUT2D eigenvalue weighted by Gasteiger charge is -2.29. The highest BCUT2D eigenvalue weighted by molar-refractivity contribution is 6.57. The largest absolute Gasteiger partial charge is 0.394 e. The molecule has 1 unspecified atom stereocenters. The Morgan fingerprint density at radius 3 is 2.25 bits per heavy atom. The Kier molecular flexibility index (Phi) is 8.68. The molecular formula is C11H25ClO3Si. The van der Waals surface area contributed by atoms with E-state index in [4.69, 9.17) is 26.6 Å². The molecule has 0 aliphatic carbocycles. The van der Waals surface area contributed by atoms with Crippen LogP contribution in [0.15, 0.2) is 0 Å². The first-order valence-electron chi connectivity index (χ1n) is 6.01. The first-order valence-corrected chi connectivity index (χ1v) is 9.36. The summed E-state index contributed by atoms with van der Waals surface area (Å²) in [5.74, 6) is 0. The van der Waals surface area contributed by atoms with Gasteiger partial charge in [0.05, 0.1) is 26.9 Å². The maximum Gasteiger partial charge on any atom is 0.0927 e. The van der Waals surface area contributed by atoms with Crippen LogP contribution in [0.25, 0.3) is 0 Å². The van der Waals surface area contributed by atoms with E-state index in [0.29, 0.717) is 6.42 Å². The Labute approximate surface area is 105 Å². The quantitative estimate of drug-likeness (QED) is 0.379. The van der Waals surface area contributed by atoms with Crippen LogP contribution < -0.4 is 0 Å². The highest BCUT2D eigenvalue weighted by Crippen LogP contribution is 2.23. The number of hydrogen-bond acceptors (Lipinski definition) is 3. The lowest BCUT2D eigenvalue weighted by Crippen LogP contribution is -2.41. The van der Waals surface area contributed by atoms with Gasteiger partial charge in [0.1, 0.15) is 0 Å². The number of unbranched alkanes of at least 4 members (excludes halogenated alkanes) is 1. The maximum atomic E-state index is 9.16. The number of ether oxygens (including phenoxy) is 1. The van der Waals surface area contributed by atoms with E-state index >= 15 is 0 Å². The molecule has 0 heterocycles. The van der Waals surface area contributed by atoms with Crippen LogP contribution >= 0.6 is 11.6 Å². The van der Waals surface area contributed by atoms with Gasteiger partial charge in [-0.3, -0.25) is 0 Å². The van der Waals surface area contributed by atoms with Gasteiger partial charge < -0.3 is 14.9 Å². The second kappa shape index (κ2) is 8.47. The molecule has 16 heavy (non-hydrogen) atoms. The summed E-state index contributed by atoms with van der Waals surface area (Å²) >= 11 is 6.10. The number of alkyl halides is 1. The van der Waals surface area contributed by atoms with E-state index in [1.165, 1.54) is 0 Å². The zero-order chi connectivity index (χ0) is 12.6. The molecule has 0 saturated heterocycles. The van der Waals surface area contributed by atoms with Gasteiger partial charge in [-0.25, -0.2) is 0 Å². The van der Waals surface area contributed by atoms with Gasteiger partial charge in [-0.1, -0.05) is 26.4 Å². The van der Waals surface area contributed by atoms with E-state index in [0.717, 1.165) is 19.4 Å². The van der Waals surface area contributed by atoms with E-state index in [9.17, 15) is 0 Å². The van der Waals surface area contributed by atoms with Crippen LogP contribution in [0.2, 0.25) is 13.1 Å². The normalized spacial score (nSPS) is 14.4. The average Bonchev–Trinajstić information content (AvgIpc) is 2.27. The van der Waals surface area contributed by atoms with Gasteiger partial charge >= 0.3 is 0 Å². The minimum atomic E-state index is -0.985. The van der Waals surface area contributed by atoms with Crippen molar-refractivity contribution in [3.05, 3.63) is 0 Å². The molecule has 0 aromatic carbocycles. The number of rotatable bonds is 9. The Balaban J connectivity index is 4.21. The van der Waals surface area contributed by atoms with Crippen LogP contribution in [0.4, 0.5) is 0 Å². The Hall–Kier alpha value is 0.387. The van der Waals surface area contributed by atoms with Crippen LogP contribution in [0, 0.1) is 0 Å². The summed E-state index contributed by atoms with van der Waals surface area (Å²) in [6.45, 7) is 6.85. The molecule has 0 saturated carbocycles. The monoisotopic (exact) mass is 268 g/mol. The first-order chi connectivity index (χ1) is 7.49. The SMILES string of the molecule is CCCCOC(CC(Cl)(CO)CO)[SiH](C)C. The number of aliphatic hydroxyl groups is 2. The van der Waals surface area contributed by atoms with Gasteiger partial charge in [-0.05, 0) is 12.8 Å². The number of hydrogen-bond donors (Lipinski definition) is 2. The van der Waals surface area contributed by atoms with Crippen molar-refractivity contribution in [1.82, 2.24) is 0 Å².